The highest BCUT2D eigenvalue weighted by Gasteiger charge is 2.49. The van der Waals surface area contributed by atoms with Crippen LogP contribution in [0.2, 0.25) is 0 Å². The van der Waals surface area contributed by atoms with E-state index in [0.29, 0.717) is 11.7 Å². The summed E-state index contributed by atoms with van der Waals surface area (Å²) in [5, 5.41) is 2.86. The van der Waals surface area contributed by atoms with Crippen LogP contribution in [0.4, 0.5) is 4.79 Å². The first kappa shape index (κ1) is 17.7. The van der Waals surface area contributed by atoms with Crippen LogP contribution in [0.5, 0.6) is 0 Å². The van der Waals surface area contributed by atoms with E-state index in [1.165, 1.54) is 16.0 Å². The van der Waals surface area contributed by atoms with Crippen LogP contribution in [0.15, 0.2) is 59.1 Å². The molecule has 1 unspecified atom stereocenters. The first-order chi connectivity index (χ1) is 14.0. The summed E-state index contributed by atoms with van der Waals surface area (Å²) in [6.07, 6.45) is 4.84. The molecule has 29 heavy (non-hydrogen) atoms. The number of fused-ring (bicyclic) bond motifs is 1. The summed E-state index contributed by atoms with van der Waals surface area (Å²) in [7, 11) is 0. The third-order valence-electron chi connectivity index (χ3n) is 5.86. The van der Waals surface area contributed by atoms with Gasteiger partial charge in [-0.15, -0.1) is 0 Å². The minimum Gasteiger partial charge on any atom is -0.439 e. The Morgan fingerprint density at radius 3 is 2.72 bits per heavy atom. The lowest BCUT2D eigenvalue weighted by molar-refractivity contribution is -0.131. The highest BCUT2D eigenvalue weighted by molar-refractivity contribution is 6.07. The molecule has 1 aliphatic heterocycles. The Morgan fingerprint density at radius 2 is 1.90 bits per heavy atom. The van der Waals surface area contributed by atoms with Crippen LogP contribution in [0.3, 0.4) is 0 Å². The fourth-order valence-electron chi connectivity index (χ4n) is 4.17. The van der Waals surface area contributed by atoms with Gasteiger partial charge in [0.2, 0.25) is 5.89 Å². The molecule has 1 fully saturated rings. The van der Waals surface area contributed by atoms with Gasteiger partial charge in [0, 0.05) is 5.56 Å². The molecule has 2 aromatic carbocycles. The van der Waals surface area contributed by atoms with Crippen molar-refractivity contribution < 1.29 is 14.0 Å². The fraction of sp³-hybridized carbons (Fsp3) is 0.261. The lowest BCUT2D eigenvalue weighted by Gasteiger charge is -2.23. The average Bonchev–Trinajstić information content (AvgIpc) is 3.44. The monoisotopic (exact) mass is 387 g/mol. The number of urea groups is 1. The first-order valence-electron chi connectivity index (χ1n) is 9.81. The molecule has 1 aromatic heterocycles. The van der Waals surface area contributed by atoms with Crippen molar-refractivity contribution in [2.24, 2.45) is 0 Å². The Morgan fingerprint density at radius 1 is 1.10 bits per heavy atom. The molecule has 1 aliphatic carbocycles. The molecule has 2 heterocycles. The van der Waals surface area contributed by atoms with E-state index < -0.39 is 11.6 Å². The van der Waals surface area contributed by atoms with E-state index in [1.54, 1.807) is 13.1 Å². The number of hydrogen-bond acceptors (Lipinski definition) is 4. The normalized spacial score (nSPS) is 20.8. The van der Waals surface area contributed by atoms with Crippen LogP contribution in [0.25, 0.3) is 11.3 Å². The predicted octanol–water partition coefficient (Wildman–Crippen LogP) is 3.80. The van der Waals surface area contributed by atoms with Gasteiger partial charge in [-0.3, -0.25) is 9.69 Å². The maximum Gasteiger partial charge on any atom is 0.325 e. The first-order valence-corrected chi connectivity index (χ1v) is 9.81. The zero-order valence-corrected chi connectivity index (χ0v) is 16.1. The molecule has 146 valence electrons. The summed E-state index contributed by atoms with van der Waals surface area (Å²) >= 11 is 0. The van der Waals surface area contributed by atoms with Crippen LogP contribution in [-0.2, 0) is 29.7 Å². The lowest BCUT2D eigenvalue weighted by Crippen LogP contribution is -2.41. The Bertz CT molecular complexity index is 1110. The van der Waals surface area contributed by atoms with Crippen molar-refractivity contribution in [1.82, 2.24) is 15.2 Å². The molecule has 6 heteroatoms. The van der Waals surface area contributed by atoms with E-state index in [1.807, 2.05) is 36.4 Å². The van der Waals surface area contributed by atoms with Gasteiger partial charge in [-0.1, -0.05) is 48.5 Å². The van der Waals surface area contributed by atoms with Gasteiger partial charge >= 0.3 is 6.03 Å². The van der Waals surface area contributed by atoms with Gasteiger partial charge in [-0.2, -0.15) is 0 Å². The molecule has 1 atom stereocenters. The zero-order chi connectivity index (χ0) is 20.0. The molecule has 3 aromatic rings. The predicted molar refractivity (Wildman–Crippen MR) is 107 cm³/mol. The van der Waals surface area contributed by atoms with Gasteiger partial charge in [-0.05, 0) is 42.9 Å². The molecule has 6 nitrogen and oxygen atoms in total. The third-order valence-corrected chi connectivity index (χ3v) is 5.86. The minimum absolute atomic E-state index is 0.00195. The maximum atomic E-state index is 13.2. The number of hydrogen-bond donors (Lipinski definition) is 1. The van der Waals surface area contributed by atoms with Gasteiger partial charge < -0.3 is 9.73 Å². The molecule has 3 amide bonds. The van der Waals surface area contributed by atoms with Crippen molar-refractivity contribution >= 4 is 11.9 Å². The number of aromatic nitrogens is 1. The number of carbonyl (C=O) groups is 2. The maximum absolute atomic E-state index is 13.2. The second kappa shape index (κ2) is 6.58. The van der Waals surface area contributed by atoms with Gasteiger partial charge in [0.15, 0.2) is 5.76 Å². The van der Waals surface area contributed by atoms with Crippen molar-refractivity contribution in [3.63, 3.8) is 0 Å². The van der Waals surface area contributed by atoms with Gasteiger partial charge in [0.1, 0.15) is 12.1 Å². The van der Waals surface area contributed by atoms with Gasteiger partial charge in [0.25, 0.3) is 5.91 Å². The quantitative estimate of drug-likeness (QED) is 0.691. The molecular weight excluding hydrogens is 366 g/mol. The number of amides is 3. The number of aryl methyl sites for hydroxylation is 2. The van der Waals surface area contributed by atoms with Crippen molar-refractivity contribution in [2.75, 3.05) is 0 Å². The molecule has 0 bridgehead atoms. The number of rotatable bonds is 4. The zero-order valence-electron chi connectivity index (χ0n) is 16.1. The fourth-order valence-corrected chi connectivity index (χ4v) is 4.17. The highest BCUT2D eigenvalue weighted by Crippen LogP contribution is 2.33. The average molecular weight is 387 g/mol. The van der Waals surface area contributed by atoms with E-state index in [-0.39, 0.29) is 12.5 Å². The number of nitrogens with one attached hydrogen (secondary N) is 1. The highest BCUT2D eigenvalue weighted by atomic mass is 16.4. The van der Waals surface area contributed by atoms with Crippen LogP contribution >= 0.6 is 0 Å². The Hall–Kier alpha value is -3.41. The second-order valence-corrected chi connectivity index (χ2v) is 7.77. The number of nitrogens with zero attached hydrogens (tertiary/aromatic N) is 2. The van der Waals surface area contributed by atoms with Crippen LogP contribution in [-0.4, -0.2) is 21.8 Å². The van der Waals surface area contributed by atoms with E-state index in [0.717, 1.165) is 30.4 Å². The second-order valence-electron chi connectivity index (χ2n) is 7.77. The lowest BCUT2D eigenvalue weighted by atomic mass is 9.90. The van der Waals surface area contributed by atoms with Gasteiger partial charge in [0.05, 0.1) is 6.20 Å². The van der Waals surface area contributed by atoms with Crippen molar-refractivity contribution in [2.45, 2.75) is 38.3 Å². The summed E-state index contributed by atoms with van der Waals surface area (Å²) in [4.78, 5) is 31.2. The van der Waals surface area contributed by atoms with E-state index >= 15 is 0 Å². The smallest absolute Gasteiger partial charge is 0.325 e. The summed E-state index contributed by atoms with van der Waals surface area (Å²) in [5.74, 6) is 0.638. The number of carbonyl (C=O) groups excluding carboxylic acids is 2. The number of oxazole rings is 1. The van der Waals surface area contributed by atoms with E-state index in [2.05, 4.69) is 22.4 Å². The van der Waals surface area contributed by atoms with Crippen LogP contribution < -0.4 is 5.32 Å². The van der Waals surface area contributed by atoms with Crippen molar-refractivity contribution in [1.29, 1.82) is 0 Å². The Labute approximate surface area is 168 Å². The minimum atomic E-state index is -1.08. The topological polar surface area (TPSA) is 75.4 Å². The van der Waals surface area contributed by atoms with Crippen molar-refractivity contribution in [3.05, 3.63) is 77.3 Å². The van der Waals surface area contributed by atoms with Crippen molar-refractivity contribution in [3.8, 4) is 11.3 Å². The number of imide groups is 1. The SMILES string of the molecule is CC1(c2ccc3c(c2)CCC3)NC(=O)N(Cc2ncc(-c3ccccc3)o2)C1=O. The summed E-state index contributed by atoms with van der Waals surface area (Å²) in [6, 6.07) is 15.2. The largest absolute Gasteiger partial charge is 0.439 e. The molecule has 0 saturated carbocycles. The summed E-state index contributed by atoms with van der Waals surface area (Å²) < 4.78 is 5.78. The van der Waals surface area contributed by atoms with E-state index in [4.69, 9.17) is 4.42 Å². The molecular formula is C23H21N3O3. The van der Waals surface area contributed by atoms with Gasteiger partial charge in [-0.25, -0.2) is 9.78 Å². The standard InChI is InChI=1S/C23H21N3O3/c1-23(18-11-10-15-8-5-9-17(15)12-18)21(27)26(22(28)25-23)14-20-24-13-19(29-20)16-6-3-2-4-7-16/h2-4,6-7,10-13H,5,8-9,14H2,1H3,(H,25,28). The molecule has 2 aliphatic rings. The summed E-state index contributed by atoms with van der Waals surface area (Å²) in [6.45, 7) is 1.76. The van der Waals surface area contributed by atoms with Crippen LogP contribution in [0, 0.1) is 0 Å². The molecule has 5 rings (SSSR count). The number of benzene rings is 2. The van der Waals surface area contributed by atoms with E-state index in [9.17, 15) is 9.59 Å². The third kappa shape index (κ3) is 2.92. The Balaban J connectivity index is 1.39. The summed E-state index contributed by atoms with van der Waals surface area (Å²) in [5.41, 5.74) is 3.23. The molecule has 0 spiro atoms. The molecule has 1 N–H and O–H groups in total. The molecule has 0 radical (unpaired) electrons. The van der Waals surface area contributed by atoms with Crippen LogP contribution in [0.1, 0.15) is 35.9 Å². The Kier molecular flexibility index (Phi) is 4.01. The molecule has 1 saturated heterocycles.